The van der Waals surface area contributed by atoms with E-state index in [1.165, 1.54) is 4.90 Å². The smallest absolute Gasteiger partial charge is 0.317 e. The molecule has 2 aliphatic rings. The summed E-state index contributed by atoms with van der Waals surface area (Å²) < 4.78 is 23.3. The molecule has 8 heteroatoms. The average Bonchev–Trinajstić information content (AvgIpc) is 2.89. The van der Waals surface area contributed by atoms with Crippen molar-refractivity contribution in [3.63, 3.8) is 0 Å². The summed E-state index contributed by atoms with van der Waals surface area (Å²) >= 11 is 0. The highest BCUT2D eigenvalue weighted by Crippen LogP contribution is 2.24. The zero-order chi connectivity index (χ0) is 14.9. The molecule has 0 radical (unpaired) electrons. The van der Waals surface area contributed by atoms with E-state index in [0.29, 0.717) is 25.8 Å². The third kappa shape index (κ3) is 2.89. The van der Waals surface area contributed by atoms with Crippen LogP contribution in [0.15, 0.2) is 0 Å². The SMILES string of the molecule is CC1C(C(=O)O)CCN1C(=O)NCC1CCCS1(=O)=O. The summed E-state index contributed by atoms with van der Waals surface area (Å²) in [6.45, 7) is 2.21. The summed E-state index contributed by atoms with van der Waals surface area (Å²) in [5, 5.41) is 11.1. The van der Waals surface area contributed by atoms with Gasteiger partial charge >= 0.3 is 12.0 Å². The zero-order valence-electron chi connectivity index (χ0n) is 11.4. The van der Waals surface area contributed by atoms with Gasteiger partial charge in [0.15, 0.2) is 9.84 Å². The number of carbonyl (C=O) groups is 2. The number of nitrogens with one attached hydrogen (secondary N) is 1. The number of hydrogen-bond donors (Lipinski definition) is 2. The first kappa shape index (κ1) is 15.1. The Morgan fingerprint density at radius 1 is 1.35 bits per heavy atom. The molecule has 2 fully saturated rings. The lowest BCUT2D eigenvalue weighted by molar-refractivity contribution is -0.142. The van der Waals surface area contributed by atoms with Crippen molar-refractivity contribution in [2.24, 2.45) is 5.92 Å². The summed E-state index contributed by atoms with van der Waals surface area (Å²) in [5.41, 5.74) is 0. The number of urea groups is 1. The van der Waals surface area contributed by atoms with Gasteiger partial charge in [0, 0.05) is 19.1 Å². The van der Waals surface area contributed by atoms with Crippen molar-refractivity contribution >= 4 is 21.8 Å². The third-order valence-corrected chi connectivity index (χ3v) is 6.55. The number of carboxylic acids is 1. The van der Waals surface area contributed by atoms with Gasteiger partial charge in [-0.25, -0.2) is 13.2 Å². The van der Waals surface area contributed by atoms with Crippen LogP contribution in [0.25, 0.3) is 0 Å². The quantitative estimate of drug-likeness (QED) is 0.768. The van der Waals surface area contributed by atoms with E-state index in [1.54, 1.807) is 6.92 Å². The van der Waals surface area contributed by atoms with E-state index in [2.05, 4.69) is 5.32 Å². The van der Waals surface area contributed by atoms with Crippen LogP contribution in [0.2, 0.25) is 0 Å². The maximum absolute atomic E-state index is 12.0. The molecule has 2 heterocycles. The van der Waals surface area contributed by atoms with Gasteiger partial charge in [0.2, 0.25) is 0 Å². The van der Waals surface area contributed by atoms with Crippen molar-refractivity contribution in [2.75, 3.05) is 18.8 Å². The van der Waals surface area contributed by atoms with Crippen LogP contribution in [0.5, 0.6) is 0 Å². The molecule has 3 atom stereocenters. The summed E-state index contributed by atoms with van der Waals surface area (Å²) in [4.78, 5) is 24.5. The summed E-state index contributed by atoms with van der Waals surface area (Å²) in [6.07, 6.45) is 1.66. The number of carboxylic acid groups (broad SMARTS) is 1. The predicted molar refractivity (Wildman–Crippen MR) is 72.1 cm³/mol. The first-order chi connectivity index (χ1) is 9.33. The van der Waals surface area contributed by atoms with E-state index in [0.717, 1.165) is 0 Å². The second-order valence-corrected chi connectivity index (χ2v) is 7.89. The standard InChI is InChI=1S/C12H20N2O5S/c1-8-10(11(15)16)4-5-14(8)12(17)13-7-9-3-2-6-20(9,18)19/h8-10H,2-7H2,1H3,(H,13,17)(H,15,16). The van der Waals surface area contributed by atoms with Gasteiger partial charge in [-0.05, 0) is 26.2 Å². The van der Waals surface area contributed by atoms with Gasteiger partial charge in [-0.15, -0.1) is 0 Å². The Morgan fingerprint density at radius 3 is 2.55 bits per heavy atom. The van der Waals surface area contributed by atoms with Gasteiger partial charge < -0.3 is 15.3 Å². The van der Waals surface area contributed by atoms with Crippen LogP contribution >= 0.6 is 0 Å². The highest BCUT2D eigenvalue weighted by atomic mass is 32.2. The third-order valence-electron chi connectivity index (χ3n) is 4.28. The fourth-order valence-corrected chi connectivity index (χ4v) is 4.71. The lowest BCUT2D eigenvalue weighted by Crippen LogP contribution is -2.46. The molecule has 3 unspecified atom stereocenters. The molecule has 0 bridgehead atoms. The van der Waals surface area contributed by atoms with Crippen LogP contribution in [-0.2, 0) is 14.6 Å². The second kappa shape index (κ2) is 5.59. The molecular weight excluding hydrogens is 284 g/mol. The minimum atomic E-state index is -3.07. The number of hydrogen-bond acceptors (Lipinski definition) is 4. The maximum atomic E-state index is 12.0. The number of aliphatic carboxylic acids is 1. The molecule has 0 saturated carbocycles. The summed E-state index contributed by atoms with van der Waals surface area (Å²) in [5.74, 6) is -1.25. The van der Waals surface area contributed by atoms with Crippen molar-refractivity contribution in [1.29, 1.82) is 0 Å². The molecule has 20 heavy (non-hydrogen) atoms. The number of amides is 2. The summed E-state index contributed by atoms with van der Waals surface area (Å²) in [6, 6.07) is -0.740. The number of nitrogens with zero attached hydrogens (tertiary/aromatic N) is 1. The van der Waals surface area contributed by atoms with E-state index < -0.39 is 27.0 Å². The lowest BCUT2D eigenvalue weighted by atomic mass is 10.0. The predicted octanol–water partition coefficient (Wildman–Crippen LogP) is 0.0682. The van der Waals surface area contributed by atoms with Crippen LogP contribution < -0.4 is 5.32 Å². The van der Waals surface area contributed by atoms with Crippen LogP contribution in [0.4, 0.5) is 4.79 Å². The molecule has 2 N–H and O–H groups in total. The molecule has 114 valence electrons. The van der Waals surface area contributed by atoms with Gasteiger partial charge in [-0.2, -0.15) is 0 Å². The largest absolute Gasteiger partial charge is 0.481 e. The van der Waals surface area contributed by atoms with E-state index in [4.69, 9.17) is 5.11 Å². The highest BCUT2D eigenvalue weighted by molar-refractivity contribution is 7.92. The topological polar surface area (TPSA) is 104 Å². The van der Waals surface area contributed by atoms with Gasteiger partial charge in [0.25, 0.3) is 0 Å². The fraction of sp³-hybridized carbons (Fsp3) is 0.833. The van der Waals surface area contributed by atoms with E-state index >= 15 is 0 Å². The van der Waals surface area contributed by atoms with Gasteiger partial charge in [-0.3, -0.25) is 4.79 Å². The molecular formula is C12H20N2O5S. The van der Waals surface area contributed by atoms with Crippen molar-refractivity contribution < 1.29 is 23.1 Å². The van der Waals surface area contributed by atoms with Gasteiger partial charge in [-0.1, -0.05) is 0 Å². The first-order valence-corrected chi connectivity index (χ1v) is 8.53. The molecule has 2 aliphatic heterocycles. The molecule has 0 spiro atoms. The Bertz CT molecular complexity index is 504. The van der Waals surface area contributed by atoms with Crippen molar-refractivity contribution in [3.8, 4) is 0 Å². The van der Waals surface area contributed by atoms with E-state index in [-0.39, 0.29) is 24.4 Å². The normalized spacial score (nSPS) is 32.2. The lowest BCUT2D eigenvalue weighted by Gasteiger charge is -2.24. The van der Waals surface area contributed by atoms with Crippen molar-refractivity contribution in [3.05, 3.63) is 0 Å². The molecule has 0 aromatic carbocycles. The molecule has 2 saturated heterocycles. The second-order valence-electron chi connectivity index (χ2n) is 5.48. The Balaban J connectivity index is 1.89. The first-order valence-electron chi connectivity index (χ1n) is 6.82. The molecule has 7 nitrogen and oxygen atoms in total. The summed E-state index contributed by atoms with van der Waals surface area (Å²) in [7, 11) is -3.07. The molecule has 2 rings (SSSR count). The number of likely N-dealkylation sites (tertiary alicyclic amines) is 1. The van der Waals surface area contributed by atoms with Crippen LogP contribution in [0, 0.1) is 5.92 Å². The van der Waals surface area contributed by atoms with Gasteiger partial charge in [0.05, 0.1) is 16.9 Å². The minimum Gasteiger partial charge on any atom is -0.481 e. The van der Waals surface area contributed by atoms with E-state index in [9.17, 15) is 18.0 Å². The van der Waals surface area contributed by atoms with Crippen LogP contribution in [0.1, 0.15) is 26.2 Å². The zero-order valence-corrected chi connectivity index (χ0v) is 12.2. The monoisotopic (exact) mass is 304 g/mol. The highest BCUT2D eigenvalue weighted by Gasteiger charge is 2.39. The molecule has 0 aliphatic carbocycles. The molecule has 2 amide bonds. The van der Waals surface area contributed by atoms with Gasteiger partial charge in [0.1, 0.15) is 0 Å². The fourth-order valence-electron chi connectivity index (χ4n) is 2.95. The molecule has 0 aromatic rings. The maximum Gasteiger partial charge on any atom is 0.317 e. The number of sulfone groups is 1. The number of rotatable bonds is 3. The van der Waals surface area contributed by atoms with Crippen molar-refractivity contribution in [1.82, 2.24) is 10.2 Å². The Hall–Kier alpha value is -1.31. The Kier molecular flexibility index (Phi) is 4.22. The Morgan fingerprint density at radius 2 is 2.05 bits per heavy atom. The Labute approximate surface area is 118 Å². The van der Waals surface area contributed by atoms with E-state index in [1.807, 2.05) is 0 Å². The van der Waals surface area contributed by atoms with Crippen LogP contribution in [-0.4, -0.2) is 60.6 Å². The van der Waals surface area contributed by atoms with Crippen LogP contribution in [0.3, 0.4) is 0 Å². The average molecular weight is 304 g/mol. The van der Waals surface area contributed by atoms with Crippen molar-refractivity contribution in [2.45, 2.75) is 37.5 Å². The minimum absolute atomic E-state index is 0.113. The molecule has 0 aromatic heterocycles. The number of carbonyl (C=O) groups excluding carboxylic acids is 1.